The Balaban J connectivity index is 1.33. The van der Waals surface area contributed by atoms with Gasteiger partial charge in [0.15, 0.2) is 0 Å². The number of piperazine rings is 1. The first-order valence-corrected chi connectivity index (χ1v) is 11.8. The number of likely N-dealkylation sites (tertiary alicyclic amines) is 1. The van der Waals surface area contributed by atoms with Crippen molar-refractivity contribution in [1.29, 1.82) is 0 Å². The zero-order chi connectivity index (χ0) is 24.0. The largest absolute Gasteiger partial charge is 0.392 e. The number of aliphatic hydroxyl groups is 1. The van der Waals surface area contributed by atoms with Crippen molar-refractivity contribution in [3.05, 3.63) is 64.7 Å². The molecule has 0 aromatic heterocycles. The number of halogens is 1. The average molecular weight is 483 g/mol. The molecule has 3 aliphatic heterocycles. The van der Waals surface area contributed by atoms with Crippen molar-refractivity contribution < 1.29 is 19.5 Å². The van der Waals surface area contributed by atoms with Gasteiger partial charge < -0.3 is 10.4 Å². The summed E-state index contributed by atoms with van der Waals surface area (Å²) < 4.78 is 0. The summed E-state index contributed by atoms with van der Waals surface area (Å²) in [5.41, 5.74) is 1.79. The van der Waals surface area contributed by atoms with Crippen LogP contribution in [0.4, 0.5) is 5.69 Å². The Labute approximate surface area is 203 Å². The fourth-order valence-electron chi connectivity index (χ4n) is 5.42. The van der Waals surface area contributed by atoms with Gasteiger partial charge in [-0.3, -0.25) is 29.1 Å². The number of carbonyl (C=O) groups is 3. The lowest BCUT2D eigenvalue weighted by Crippen LogP contribution is -2.81. The minimum Gasteiger partial charge on any atom is -0.392 e. The number of rotatable bonds is 5. The first kappa shape index (κ1) is 23.0. The fraction of sp³-hybridized carbons (Fsp3) is 0.400. The molecule has 0 radical (unpaired) electrons. The molecule has 2 unspecified atom stereocenters. The molecule has 3 heterocycles. The zero-order valence-electron chi connectivity index (χ0n) is 18.9. The Hall–Kier alpha value is -2.78. The van der Waals surface area contributed by atoms with E-state index in [0.29, 0.717) is 37.6 Å². The Morgan fingerprint density at radius 3 is 2.53 bits per heavy atom. The molecule has 0 bridgehead atoms. The van der Waals surface area contributed by atoms with Gasteiger partial charge in [-0.1, -0.05) is 35.9 Å². The van der Waals surface area contributed by atoms with Gasteiger partial charge in [-0.05, 0) is 41.8 Å². The van der Waals surface area contributed by atoms with Crippen molar-refractivity contribution in [2.75, 3.05) is 25.0 Å². The van der Waals surface area contributed by atoms with Gasteiger partial charge in [-0.25, -0.2) is 0 Å². The van der Waals surface area contributed by atoms with Crippen LogP contribution in [-0.4, -0.2) is 74.8 Å². The predicted octanol–water partition coefficient (Wildman–Crippen LogP) is 1.86. The minimum absolute atomic E-state index is 0.118. The molecule has 9 heteroatoms. The van der Waals surface area contributed by atoms with Crippen molar-refractivity contribution in [1.82, 2.24) is 14.7 Å². The molecule has 2 aromatic rings. The van der Waals surface area contributed by atoms with Crippen LogP contribution in [0.2, 0.25) is 5.02 Å². The molecule has 1 spiro atoms. The lowest BCUT2D eigenvalue weighted by Gasteiger charge is -2.58. The number of carbonyl (C=O) groups excluding carboxylic acids is 3. The third-order valence-corrected chi connectivity index (χ3v) is 7.14. The summed E-state index contributed by atoms with van der Waals surface area (Å²) in [6.07, 6.45) is -0.287. The average Bonchev–Trinajstić information content (AvgIpc) is 3.16. The van der Waals surface area contributed by atoms with Crippen molar-refractivity contribution >= 4 is 35.0 Å². The molecule has 3 aliphatic rings. The van der Waals surface area contributed by atoms with E-state index in [1.54, 1.807) is 18.2 Å². The maximum absolute atomic E-state index is 13.7. The molecule has 2 atom stereocenters. The third-order valence-electron chi connectivity index (χ3n) is 6.90. The number of anilines is 1. The monoisotopic (exact) mass is 482 g/mol. The van der Waals surface area contributed by atoms with E-state index in [4.69, 9.17) is 11.6 Å². The van der Waals surface area contributed by atoms with Crippen LogP contribution in [0, 0.1) is 0 Å². The van der Waals surface area contributed by atoms with E-state index >= 15 is 0 Å². The number of imide groups is 1. The lowest BCUT2D eigenvalue weighted by molar-refractivity contribution is -0.181. The number of hydrogen-bond acceptors (Lipinski definition) is 6. The second-order valence-electron chi connectivity index (χ2n) is 9.47. The van der Waals surface area contributed by atoms with Gasteiger partial charge in [0, 0.05) is 43.8 Å². The van der Waals surface area contributed by atoms with Gasteiger partial charge in [-0.2, -0.15) is 0 Å². The SMILES string of the molecule is CC(=O)Nc1ccc(CN2CC3(C2)C(=O)N(Cc2cccc(Cl)c2)C(=O)C2CC(O)CN23)cc1. The first-order valence-electron chi connectivity index (χ1n) is 11.4. The Bertz CT molecular complexity index is 1130. The summed E-state index contributed by atoms with van der Waals surface area (Å²) in [6, 6.07) is 14.3. The van der Waals surface area contributed by atoms with Crippen LogP contribution in [0.3, 0.4) is 0 Å². The summed E-state index contributed by atoms with van der Waals surface area (Å²) in [4.78, 5) is 43.6. The molecular weight excluding hydrogens is 456 g/mol. The molecule has 2 aromatic carbocycles. The number of nitrogens with zero attached hydrogens (tertiary/aromatic N) is 3. The highest BCUT2D eigenvalue weighted by Gasteiger charge is 2.64. The standard InChI is InChI=1S/C25H27ClN4O4/c1-16(31)27-20-7-5-17(6-8-20)11-28-14-25(15-28)24(34)29(12-18-3-2-4-19(26)9-18)23(33)22-10-21(32)13-30(22)25/h2-9,21-22,32H,10-15H2,1H3,(H,27,31). The summed E-state index contributed by atoms with van der Waals surface area (Å²) in [6.45, 7) is 3.59. The van der Waals surface area contributed by atoms with Crippen molar-refractivity contribution in [3.8, 4) is 0 Å². The number of hydrogen-bond donors (Lipinski definition) is 2. The molecule has 3 fully saturated rings. The summed E-state index contributed by atoms with van der Waals surface area (Å²) in [5, 5.41) is 13.6. The zero-order valence-corrected chi connectivity index (χ0v) is 19.7. The summed E-state index contributed by atoms with van der Waals surface area (Å²) in [7, 11) is 0. The molecule has 0 aliphatic carbocycles. The molecule has 8 nitrogen and oxygen atoms in total. The van der Waals surface area contributed by atoms with Crippen LogP contribution >= 0.6 is 11.6 Å². The topological polar surface area (TPSA) is 93.2 Å². The van der Waals surface area contributed by atoms with Gasteiger partial charge in [0.25, 0.3) is 5.91 Å². The second-order valence-corrected chi connectivity index (χ2v) is 9.91. The summed E-state index contributed by atoms with van der Waals surface area (Å²) >= 11 is 6.11. The van der Waals surface area contributed by atoms with E-state index in [1.807, 2.05) is 35.2 Å². The molecule has 2 N–H and O–H groups in total. The van der Waals surface area contributed by atoms with E-state index < -0.39 is 17.7 Å². The quantitative estimate of drug-likeness (QED) is 0.632. The fourth-order valence-corrected chi connectivity index (χ4v) is 5.63. The molecule has 3 saturated heterocycles. The smallest absolute Gasteiger partial charge is 0.252 e. The number of aliphatic hydroxyl groups excluding tert-OH is 1. The normalized spacial score (nSPS) is 24.3. The van der Waals surface area contributed by atoms with E-state index in [0.717, 1.165) is 16.8 Å². The molecular formula is C25H27ClN4O4. The highest BCUT2D eigenvalue weighted by Crippen LogP contribution is 2.41. The van der Waals surface area contributed by atoms with Crippen LogP contribution in [-0.2, 0) is 27.5 Å². The maximum atomic E-state index is 13.7. The molecule has 34 heavy (non-hydrogen) atoms. The van der Waals surface area contributed by atoms with Crippen LogP contribution < -0.4 is 5.32 Å². The molecule has 3 amide bonds. The molecule has 0 saturated carbocycles. The van der Waals surface area contributed by atoms with Crippen molar-refractivity contribution in [3.63, 3.8) is 0 Å². The van der Waals surface area contributed by atoms with Gasteiger partial charge in [-0.15, -0.1) is 0 Å². The van der Waals surface area contributed by atoms with Gasteiger partial charge in [0.1, 0.15) is 5.54 Å². The van der Waals surface area contributed by atoms with Crippen LogP contribution in [0.25, 0.3) is 0 Å². The number of amides is 3. The van der Waals surface area contributed by atoms with E-state index in [2.05, 4.69) is 10.2 Å². The highest BCUT2D eigenvalue weighted by atomic mass is 35.5. The minimum atomic E-state index is -0.815. The maximum Gasteiger partial charge on any atom is 0.252 e. The van der Waals surface area contributed by atoms with Crippen molar-refractivity contribution in [2.45, 2.75) is 44.1 Å². The second kappa shape index (κ2) is 8.78. The number of fused-ring (bicyclic) bond motifs is 2. The van der Waals surface area contributed by atoms with Crippen LogP contribution in [0.15, 0.2) is 48.5 Å². The lowest BCUT2D eigenvalue weighted by atomic mass is 9.82. The highest BCUT2D eigenvalue weighted by molar-refractivity contribution is 6.30. The van der Waals surface area contributed by atoms with E-state index in [-0.39, 0.29) is 24.3 Å². The van der Waals surface area contributed by atoms with E-state index in [1.165, 1.54) is 11.8 Å². The van der Waals surface area contributed by atoms with Crippen LogP contribution in [0.1, 0.15) is 24.5 Å². The van der Waals surface area contributed by atoms with Gasteiger partial charge >= 0.3 is 0 Å². The summed E-state index contributed by atoms with van der Waals surface area (Å²) in [5.74, 6) is -0.577. The van der Waals surface area contributed by atoms with Gasteiger partial charge in [0.2, 0.25) is 11.8 Å². The van der Waals surface area contributed by atoms with Gasteiger partial charge in [0.05, 0.1) is 18.7 Å². The van der Waals surface area contributed by atoms with Crippen molar-refractivity contribution in [2.24, 2.45) is 0 Å². The Kier molecular flexibility index (Phi) is 5.93. The van der Waals surface area contributed by atoms with Crippen LogP contribution in [0.5, 0.6) is 0 Å². The Morgan fingerprint density at radius 1 is 1.12 bits per heavy atom. The third kappa shape index (κ3) is 4.11. The Morgan fingerprint density at radius 2 is 1.85 bits per heavy atom. The number of β-amino-alcohol motifs (C(OH)–C–C–N with tert-alkyl or cyclic N) is 1. The molecule has 178 valence electrons. The number of benzene rings is 2. The van der Waals surface area contributed by atoms with E-state index in [9.17, 15) is 19.5 Å². The first-order chi connectivity index (χ1) is 16.2. The molecule has 5 rings (SSSR count). The number of nitrogens with one attached hydrogen (secondary N) is 1. The predicted molar refractivity (Wildman–Crippen MR) is 127 cm³/mol.